The van der Waals surface area contributed by atoms with Gasteiger partial charge in [0, 0.05) is 29.7 Å². The highest BCUT2D eigenvalue weighted by Gasteiger charge is 2.32. The van der Waals surface area contributed by atoms with Crippen LogP contribution in [-0.4, -0.2) is 40.3 Å². The number of rotatable bonds is 2. The van der Waals surface area contributed by atoms with Gasteiger partial charge in [0.15, 0.2) is 5.58 Å². The molecule has 1 unspecified atom stereocenters. The summed E-state index contributed by atoms with van der Waals surface area (Å²) in [5, 5.41) is 18.6. The van der Waals surface area contributed by atoms with E-state index in [2.05, 4.69) is 22.1 Å². The van der Waals surface area contributed by atoms with Gasteiger partial charge in [-0.3, -0.25) is 0 Å². The first-order valence-corrected chi connectivity index (χ1v) is 9.08. The van der Waals surface area contributed by atoms with Gasteiger partial charge in [0.1, 0.15) is 17.0 Å². The van der Waals surface area contributed by atoms with E-state index in [1.165, 1.54) is 6.92 Å². The molecule has 1 aliphatic rings. The zero-order valence-electron chi connectivity index (χ0n) is 15.5. The molecule has 1 aromatic carbocycles. The lowest BCUT2D eigenvalue weighted by molar-refractivity contribution is -0.137. The molecule has 1 aliphatic heterocycles. The van der Waals surface area contributed by atoms with E-state index in [0.717, 1.165) is 37.6 Å². The highest BCUT2D eigenvalue weighted by atomic mass is 19.4. The largest absolute Gasteiger partial charge is 0.507 e. The van der Waals surface area contributed by atoms with E-state index in [4.69, 9.17) is 4.42 Å². The Labute approximate surface area is 159 Å². The molecule has 4 rings (SSSR count). The molecule has 2 aromatic heterocycles. The summed E-state index contributed by atoms with van der Waals surface area (Å²) in [5.41, 5.74) is 2.02. The standard InChI is InChI=1S/C20H20F3N3O2/c1-11-6-13(20(21,22)23)7-16(27)18(11)15-8-17-19(25-24-15)14(10-28-17)12-4-3-5-26(2)9-12/h6-8,10,12,27H,3-5,9H2,1-2H3. The predicted octanol–water partition coefficient (Wildman–Crippen LogP) is 4.73. The summed E-state index contributed by atoms with van der Waals surface area (Å²) in [6.45, 7) is 3.48. The van der Waals surface area contributed by atoms with E-state index in [1.807, 2.05) is 0 Å². The predicted molar refractivity (Wildman–Crippen MR) is 98.1 cm³/mol. The third-order valence-corrected chi connectivity index (χ3v) is 5.31. The van der Waals surface area contributed by atoms with Crippen molar-refractivity contribution in [1.29, 1.82) is 0 Å². The monoisotopic (exact) mass is 391 g/mol. The van der Waals surface area contributed by atoms with Crippen LogP contribution in [0, 0.1) is 6.92 Å². The van der Waals surface area contributed by atoms with Gasteiger partial charge in [-0.25, -0.2) is 0 Å². The summed E-state index contributed by atoms with van der Waals surface area (Å²) >= 11 is 0. The number of hydrogen-bond donors (Lipinski definition) is 1. The van der Waals surface area contributed by atoms with Crippen LogP contribution in [0.1, 0.15) is 35.4 Å². The summed E-state index contributed by atoms with van der Waals surface area (Å²) in [6.07, 6.45) is -0.703. The van der Waals surface area contributed by atoms with Gasteiger partial charge in [-0.1, -0.05) is 0 Å². The number of phenols is 1. The Morgan fingerprint density at radius 2 is 2.00 bits per heavy atom. The number of fused-ring (bicyclic) bond motifs is 1. The van der Waals surface area contributed by atoms with Gasteiger partial charge in [-0.15, -0.1) is 10.2 Å². The van der Waals surface area contributed by atoms with Gasteiger partial charge in [0.25, 0.3) is 0 Å². The lowest BCUT2D eigenvalue weighted by atomic mass is 9.92. The van der Waals surface area contributed by atoms with Crippen molar-refractivity contribution in [3.05, 3.63) is 41.2 Å². The molecule has 0 spiro atoms. The summed E-state index contributed by atoms with van der Waals surface area (Å²) in [7, 11) is 2.08. The molecule has 1 atom stereocenters. The van der Waals surface area contributed by atoms with Gasteiger partial charge in [0.2, 0.25) is 0 Å². The van der Waals surface area contributed by atoms with Gasteiger partial charge < -0.3 is 14.4 Å². The average molecular weight is 391 g/mol. The van der Waals surface area contributed by atoms with E-state index in [-0.39, 0.29) is 16.8 Å². The first kappa shape index (κ1) is 18.7. The maximum absolute atomic E-state index is 12.9. The van der Waals surface area contributed by atoms with E-state index < -0.39 is 17.5 Å². The average Bonchev–Trinajstić information content (AvgIpc) is 3.03. The number of alkyl halides is 3. The van der Waals surface area contributed by atoms with Crippen LogP contribution in [0.15, 0.2) is 28.9 Å². The maximum Gasteiger partial charge on any atom is 0.416 e. The number of halogens is 3. The molecule has 0 aliphatic carbocycles. The Bertz CT molecular complexity index is 1010. The molecule has 3 aromatic rings. The number of phenolic OH excluding ortho intramolecular Hbond substituents is 1. The second-order valence-corrected chi connectivity index (χ2v) is 7.42. The van der Waals surface area contributed by atoms with Crippen molar-refractivity contribution < 1.29 is 22.7 Å². The summed E-state index contributed by atoms with van der Waals surface area (Å²) in [4.78, 5) is 2.26. The number of hydrogen-bond acceptors (Lipinski definition) is 5. The molecule has 148 valence electrons. The fraction of sp³-hybridized carbons (Fsp3) is 0.400. The van der Waals surface area contributed by atoms with E-state index in [1.54, 1.807) is 12.3 Å². The Hall–Kier alpha value is -2.61. The van der Waals surface area contributed by atoms with E-state index in [9.17, 15) is 18.3 Å². The number of nitrogens with zero attached hydrogens (tertiary/aromatic N) is 3. The molecule has 28 heavy (non-hydrogen) atoms. The van der Waals surface area contributed by atoms with E-state index >= 15 is 0 Å². The molecule has 0 amide bonds. The minimum Gasteiger partial charge on any atom is -0.507 e. The van der Waals surface area contributed by atoms with Crippen LogP contribution in [0.3, 0.4) is 0 Å². The number of piperidine rings is 1. The molecular weight excluding hydrogens is 371 g/mol. The SMILES string of the molecule is Cc1cc(C(F)(F)F)cc(O)c1-c1cc2occ(C3CCCN(C)C3)c2nn1. The molecule has 5 nitrogen and oxygen atoms in total. The minimum atomic E-state index is -4.53. The molecule has 1 saturated heterocycles. The number of likely N-dealkylation sites (N-methyl/N-ethyl adjacent to an activating group) is 1. The third-order valence-electron chi connectivity index (χ3n) is 5.31. The highest BCUT2D eigenvalue weighted by molar-refractivity contribution is 5.82. The van der Waals surface area contributed by atoms with Crippen LogP contribution in [0.5, 0.6) is 5.75 Å². The third kappa shape index (κ3) is 3.32. The summed E-state index contributed by atoms with van der Waals surface area (Å²) < 4.78 is 44.5. The second-order valence-electron chi connectivity index (χ2n) is 7.42. The van der Waals surface area contributed by atoms with Crippen LogP contribution in [-0.2, 0) is 6.18 Å². The molecule has 0 saturated carbocycles. The Balaban J connectivity index is 1.73. The van der Waals surface area contributed by atoms with Crippen molar-refractivity contribution in [3.8, 4) is 17.0 Å². The van der Waals surface area contributed by atoms with Crippen molar-refractivity contribution in [3.63, 3.8) is 0 Å². The first-order chi connectivity index (χ1) is 13.2. The van der Waals surface area contributed by atoms with Gasteiger partial charge in [0.05, 0.1) is 11.8 Å². The molecule has 0 radical (unpaired) electrons. The van der Waals surface area contributed by atoms with Crippen LogP contribution >= 0.6 is 0 Å². The van der Waals surface area contributed by atoms with Crippen LogP contribution in [0.25, 0.3) is 22.4 Å². The normalized spacial score (nSPS) is 18.7. The molecule has 1 N–H and O–H groups in total. The van der Waals surface area contributed by atoms with Crippen molar-refractivity contribution in [1.82, 2.24) is 15.1 Å². The molecule has 1 fully saturated rings. The lowest BCUT2D eigenvalue weighted by Crippen LogP contribution is -2.30. The fourth-order valence-corrected chi connectivity index (χ4v) is 3.94. The van der Waals surface area contributed by atoms with Gasteiger partial charge in [-0.05, 0) is 51.1 Å². The second kappa shape index (κ2) is 6.77. The van der Waals surface area contributed by atoms with Crippen molar-refractivity contribution in [2.45, 2.75) is 31.9 Å². The molecule has 0 bridgehead atoms. The maximum atomic E-state index is 12.9. The number of aryl methyl sites for hydroxylation is 1. The topological polar surface area (TPSA) is 62.4 Å². The first-order valence-electron chi connectivity index (χ1n) is 9.08. The van der Waals surface area contributed by atoms with Gasteiger partial charge >= 0.3 is 6.18 Å². The Morgan fingerprint density at radius 1 is 1.21 bits per heavy atom. The van der Waals surface area contributed by atoms with Gasteiger partial charge in [-0.2, -0.15) is 13.2 Å². The summed E-state index contributed by atoms with van der Waals surface area (Å²) in [5.74, 6) is -0.178. The fourth-order valence-electron chi connectivity index (χ4n) is 3.94. The molecule has 3 heterocycles. The highest BCUT2D eigenvalue weighted by Crippen LogP contribution is 2.39. The van der Waals surface area contributed by atoms with Crippen molar-refractivity contribution >= 4 is 11.1 Å². The van der Waals surface area contributed by atoms with Crippen LogP contribution in [0.4, 0.5) is 13.2 Å². The number of aromatic nitrogens is 2. The van der Waals surface area contributed by atoms with Crippen LogP contribution in [0.2, 0.25) is 0 Å². The summed E-state index contributed by atoms with van der Waals surface area (Å²) in [6, 6.07) is 3.32. The van der Waals surface area contributed by atoms with Crippen molar-refractivity contribution in [2.24, 2.45) is 0 Å². The smallest absolute Gasteiger partial charge is 0.416 e. The van der Waals surface area contributed by atoms with Crippen molar-refractivity contribution in [2.75, 3.05) is 20.1 Å². The number of benzene rings is 1. The Kier molecular flexibility index (Phi) is 4.53. The molecular formula is C20H20F3N3O2. The number of furan rings is 1. The zero-order valence-corrected chi connectivity index (χ0v) is 15.5. The number of likely N-dealkylation sites (tertiary alicyclic amines) is 1. The zero-order chi connectivity index (χ0) is 20.1. The number of aromatic hydroxyl groups is 1. The minimum absolute atomic E-state index is 0.220. The van der Waals surface area contributed by atoms with E-state index in [0.29, 0.717) is 23.1 Å². The Morgan fingerprint density at radius 3 is 2.68 bits per heavy atom. The van der Waals surface area contributed by atoms with Crippen LogP contribution < -0.4 is 0 Å². The molecule has 8 heteroatoms. The lowest BCUT2D eigenvalue weighted by Gasteiger charge is -2.28. The quantitative estimate of drug-likeness (QED) is 0.684.